The molecule has 0 radical (unpaired) electrons. The summed E-state index contributed by atoms with van der Waals surface area (Å²) in [5.41, 5.74) is 2.93. The average Bonchev–Trinajstić information content (AvgIpc) is 3.27. The Balaban J connectivity index is 1.75. The number of para-hydroxylation sites is 1. The van der Waals surface area contributed by atoms with Gasteiger partial charge in [0.1, 0.15) is 12.1 Å². The molecule has 1 heterocycles. The van der Waals surface area contributed by atoms with E-state index in [9.17, 15) is 4.79 Å². The number of benzene rings is 2. The molecule has 0 N–H and O–H groups in total. The van der Waals surface area contributed by atoms with Crippen LogP contribution in [-0.2, 0) is 11.2 Å². The monoisotopic (exact) mass is 435 g/mol. The predicted molar refractivity (Wildman–Crippen MR) is 122 cm³/mol. The van der Waals surface area contributed by atoms with Gasteiger partial charge in [-0.3, -0.25) is 9.36 Å². The molecule has 160 valence electrons. The molecule has 0 bridgehead atoms. The summed E-state index contributed by atoms with van der Waals surface area (Å²) in [7, 11) is 0. The Morgan fingerprint density at radius 3 is 2.68 bits per heavy atom. The zero-order chi connectivity index (χ0) is 22.1. The molecule has 7 nitrogen and oxygen atoms in total. The number of nitrogens with zero attached hydrogens (tertiary/aromatic N) is 5. The molecule has 0 aliphatic heterocycles. The Labute approximate surface area is 186 Å². The molecule has 0 aliphatic carbocycles. The lowest BCUT2D eigenvalue weighted by Gasteiger charge is -2.22. The summed E-state index contributed by atoms with van der Waals surface area (Å²) in [5, 5.41) is 17.9. The van der Waals surface area contributed by atoms with Crippen LogP contribution >= 0.6 is 11.8 Å². The number of aryl methyl sites for hydroxylation is 1. The Morgan fingerprint density at radius 1 is 1.19 bits per heavy atom. The van der Waals surface area contributed by atoms with E-state index in [4.69, 9.17) is 10.00 Å². The van der Waals surface area contributed by atoms with Gasteiger partial charge < -0.3 is 9.64 Å². The van der Waals surface area contributed by atoms with Gasteiger partial charge in [-0.2, -0.15) is 5.26 Å². The summed E-state index contributed by atoms with van der Waals surface area (Å²) >= 11 is 1.33. The third kappa shape index (κ3) is 5.64. The molecule has 0 unspecified atom stereocenters. The van der Waals surface area contributed by atoms with Gasteiger partial charge in [-0.05, 0) is 49.2 Å². The first kappa shape index (κ1) is 22.4. The lowest BCUT2D eigenvalue weighted by atomic mass is 10.1. The number of carbonyl (C=O) groups excluding carboxylic acids is 1. The van der Waals surface area contributed by atoms with E-state index in [0.717, 1.165) is 23.5 Å². The Kier molecular flexibility index (Phi) is 8.07. The van der Waals surface area contributed by atoms with Gasteiger partial charge in [0, 0.05) is 12.2 Å². The predicted octanol–water partition coefficient (Wildman–Crippen LogP) is 4.27. The number of ether oxygens (including phenoxy) is 1. The van der Waals surface area contributed by atoms with Crippen molar-refractivity contribution in [2.24, 2.45) is 0 Å². The third-order valence-corrected chi connectivity index (χ3v) is 5.61. The molecule has 1 aromatic heterocycles. The minimum atomic E-state index is -0.0947. The number of carbonyl (C=O) groups is 1. The second kappa shape index (κ2) is 11.2. The van der Waals surface area contributed by atoms with Crippen LogP contribution < -0.4 is 9.64 Å². The van der Waals surface area contributed by atoms with E-state index in [1.54, 1.807) is 11.2 Å². The van der Waals surface area contributed by atoms with Crippen molar-refractivity contribution in [2.45, 2.75) is 31.8 Å². The van der Waals surface area contributed by atoms with E-state index in [1.807, 2.05) is 54.0 Å². The summed E-state index contributed by atoms with van der Waals surface area (Å²) in [6.45, 7) is 4.93. The molecule has 31 heavy (non-hydrogen) atoms. The minimum absolute atomic E-state index is 0.0947. The van der Waals surface area contributed by atoms with Gasteiger partial charge in [-0.1, -0.05) is 36.9 Å². The Bertz CT molecular complexity index is 1040. The fraction of sp³-hybridized carbons (Fsp3) is 0.304. The second-order valence-electron chi connectivity index (χ2n) is 6.63. The third-order valence-electron chi connectivity index (χ3n) is 4.68. The number of aromatic nitrogens is 3. The topological polar surface area (TPSA) is 84.0 Å². The molecule has 0 saturated heterocycles. The van der Waals surface area contributed by atoms with Crippen LogP contribution in [0.3, 0.4) is 0 Å². The smallest absolute Gasteiger partial charge is 0.237 e. The Hall–Kier alpha value is -3.31. The first-order valence-corrected chi connectivity index (χ1v) is 11.2. The van der Waals surface area contributed by atoms with E-state index in [0.29, 0.717) is 18.3 Å². The van der Waals surface area contributed by atoms with Crippen molar-refractivity contribution in [1.82, 2.24) is 14.8 Å². The first-order chi connectivity index (χ1) is 15.2. The minimum Gasteiger partial charge on any atom is -0.494 e. The van der Waals surface area contributed by atoms with Gasteiger partial charge in [0.2, 0.25) is 5.91 Å². The van der Waals surface area contributed by atoms with Gasteiger partial charge in [0.15, 0.2) is 5.16 Å². The standard InChI is InChI=1S/C23H25N5O2S/c1-3-18-8-5-6-9-21(18)28-17-25-26-23(28)31-16-22(29)27(15-7-14-24)19-10-12-20(13-11-19)30-4-2/h5-6,8-13,17H,3-4,7,15-16H2,1-2H3. The second-order valence-corrected chi connectivity index (χ2v) is 7.58. The van der Waals surface area contributed by atoms with Gasteiger partial charge in [-0.25, -0.2) is 0 Å². The highest BCUT2D eigenvalue weighted by Crippen LogP contribution is 2.25. The molecule has 0 aliphatic rings. The number of hydrogen-bond donors (Lipinski definition) is 0. The van der Waals surface area contributed by atoms with Crippen LogP contribution in [0.1, 0.15) is 25.8 Å². The fourth-order valence-electron chi connectivity index (χ4n) is 3.19. The molecule has 2 aromatic carbocycles. The van der Waals surface area contributed by atoms with Crippen LogP contribution in [0.25, 0.3) is 5.69 Å². The molecule has 8 heteroatoms. The van der Waals surface area contributed by atoms with Crippen molar-refractivity contribution in [3.63, 3.8) is 0 Å². The number of anilines is 1. The molecular formula is C23H25N5O2S. The molecular weight excluding hydrogens is 410 g/mol. The van der Waals surface area contributed by atoms with E-state index in [-0.39, 0.29) is 18.1 Å². The molecule has 0 spiro atoms. The summed E-state index contributed by atoms with van der Waals surface area (Å²) in [5.74, 6) is 0.838. The quantitative estimate of drug-likeness (QED) is 0.442. The van der Waals surface area contributed by atoms with Crippen molar-refractivity contribution in [1.29, 1.82) is 5.26 Å². The highest BCUT2D eigenvalue weighted by atomic mass is 32.2. The summed E-state index contributed by atoms with van der Waals surface area (Å²) in [6, 6.07) is 17.5. The molecule has 0 atom stereocenters. The highest BCUT2D eigenvalue weighted by Gasteiger charge is 2.18. The highest BCUT2D eigenvalue weighted by molar-refractivity contribution is 7.99. The first-order valence-electron chi connectivity index (χ1n) is 10.2. The van der Waals surface area contributed by atoms with Crippen molar-refractivity contribution in [2.75, 3.05) is 23.8 Å². The van der Waals surface area contributed by atoms with Crippen LogP contribution in [0, 0.1) is 11.3 Å². The number of nitriles is 1. The van der Waals surface area contributed by atoms with Crippen LogP contribution in [0.4, 0.5) is 5.69 Å². The van der Waals surface area contributed by atoms with Crippen LogP contribution in [0.2, 0.25) is 0 Å². The molecule has 1 amide bonds. The van der Waals surface area contributed by atoms with E-state index in [2.05, 4.69) is 29.3 Å². The lowest BCUT2D eigenvalue weighted by molar-refractivity contribution is -0.116. The number of thioether (sulfide) groups is 1. The van der Waals surface area contributed by atoms with Gasteiger partial charge in [0.25, 0.3) is 0 Å². The van der Waals surface area contributed by atoms with Crippen LogP contribution in [-0.4, -0.2) is 39.6 Å². The molecule has 0 saturated carbocycles. The Morgan fingerprint density at radius 2 is 1.97 bits per heavy atom. The number of hydrogen-bond acceptors (Lipinski definition) is 6. The fourth-order valence-corrected chi connectivity index (χ4v) is 3.98. The van der Waals surface area contributed by atoms with Gasteiger partial charge in [-0.15, -0.1) is 10.2 Å². The maximum atomic E-state index is 13.0. The van der Waals surface area contributed by atoms with Gasteiger partial charge >= 0.3 is 0 Å². The number of amides is 1. The average molecular weight is 436 g/mol. The number of rotatable bonds is 10. The van der Waals surface area contributed by atoms with E-state index in [1.165, 1.54) is 17.3 Å². The maximum Gasteiger partial charge on any atom is 0.237 e. The maximum absolute atomic E-state index is 13.0. The van der Waals surface area contributed by atoms with Gasteiger partial charge in [0.05, 0.1) is 30.5 Å². The SMILES string of the molecule is CCOc1ccc(N(CCC#N)C(=O)CSc2nncn2-c2ccccc2CC)cc1. The molecule has 3 aromatic rings. The zero-order valence-electron chi connectivity index (χ0n) is 17.7. The molecule has 0 fully saturated rings. The normalized spacial score (nSPS) is 10.5. The summed E-state index contributed by atoms with van der Waals surface area (Å²) in [6.07, 6.45) is 2.81. The largest absolute Gasteiger partial charge is 0.494 e. The lowest BCUT2D eigenvalue weighted by Crippen LogP contribution is -2.33. The van der Waals surface area contributed by atoms with Crippen molar-refractivity contribution < 1.29 is 9.53 Å². The van der Waals surface area contributed by atoms with E-state index < -0.39 is 0 Å². The van der Waals surface area contributed by atoms with Crippen molar-refractivity contribution in [3.8, 4) is 17.5 Å². The van der Waals surface area contributed by atoms with E-state index >= 15 is 0 Å². The zero-order valence-corrected chi connectivity index (χ0v) is 18.5. The summed E-state index contributed by atoms with van der Waals surface area (Å²) < 4.78 is 7.38. The van der Waals surface area contributed by atoms with Crippen molar-refractivity contribution >= 4 is 23.4 Å². The summed E-state index contributed by atoms with van der Waals surface area (Å²) in [4.78, 5) is 14.7. The van der Waals surface area contributed by atoms with Crippen LogP contribution in [0.15, 0.2) is 60.0 Å². The van der Waals surface area contributed by atoms with Crippen LogP contribution in [0.5, 0.6) is 5.75 Å². The molecule has 3 rings (SSSR count). The van der Waals surface area contributed by atoms with Crippen molar-refractivity contribution in [3.05, 3.63) is 60.4 Å².